The van der Waals surface area contributed by atoms with E-state index in [1.165, 1.54) is 22.0 Å². The Morgan fingerprint density at radius 1 is 1.36 bits per heavy atom. The van der Waals surface area contributed by atoms with Gasteiger partial charge in [0.2, 0.25) is 5.91 Å². The lowest BCUT2D eigenvalue weighted by atomic mass is 10.1. The third-order valence-electron chi connectivity index (χ3n) is 5.10. The predicted molar refractivity (Wildman–Crippen MR) is 127 cm³/mol. The largest absolute Gasteiger partial charge is 0.361 e. The van der Waals surface area contributed by atoms with Crippen molar-refractivity contribution >= 4 is 46.7 Å². The van der Waals surface area contributed by atoms with Crippen LogP contribution in [0.25, 0.3) is 10.9 Å². The van der Waals surface area contributed by atoms with Gasteiger partial charge in [0.1, 0.15) is 0 Å². The van der Waals surface area contributed by atoms with Crippen LogP contribution in [0, 0.1) is 6.92 Å². The summed E-state index contributed by atoms with van der Waals surface area (Å²) in [6.07, 6.45) is 4.53. The van der Waals surface area contributed by atoms with Crippen molar-refractivity contribution in [3.8, 4) is 0 Å². The first kappa shape index (κ1) is 22.5. The summed E-state index contributed by atoms with van der Waals surface area (Å²) in [5, 5.41) is 8.08. The summed E-state index contributed by atoms with van der Waals surface area (Å²) in [7, 11) is 0. The molecule has 0 spiro atoms. The standard InChI is InChI=1S/C21H31N5O.HI/c1-4-20(27)26-11-9-17(14-26)25-21(22-5-2)23-10-8-16-13-24-19-12-15(3)6-7-18(16)19;/h6-7,12-13,17,24H,4-5,8-11,14H2,1-3H3,(H2,22,23,25);1H. The van der Waals surface area contributed by atoms with Crippen LogP contribution in [0.5, 0.6) is 0 Å². The molecule has 2 heterocycles. The van der Waals surface area contributed by atoms with Crippen molar-refractivity contribution in [1.82, 2.24) is 20.5 Å². The summed E-state index contributed by atoms with van der Waals surface area (Å²) < 4.78 is 0. The summed E-state index contributed by atoms with van der Waals surface area (Å²) in [6.45, 7) is 9.23. The average Bonchev–Trinajstić information content (AvgIpc) is 3.28. The van der Waals surface area contributed by atoms with E-state index in [9.17, 15) is 4.79 Å². The number of carbonyl (C=O) groups is 1. The van der Waals surface area contributed by atoms with Crippen LogP contribution in [0.15, 0.2) is 29.4 Å². The number of nitrogens with one attached hydrogen (secondary N) is 3. The van der Waals surface area contributed by atoms with Gasteiger partial charge >= 0.3 is 0 Å². The number of guanidine groups is 1. The summed E-state index contributed by atoms with van der Waals surface area (Å²) in [4.78, 5) is 21.9. The van der Waals surface area contributed by atoms with Gasteiger partial charge < -0.3 is 20.5 Å². The lowest BCUT2D eigenvalue weighted by Crippen LogP contribution is -2.45. The van der Waals surface area contributed by atoms with E-state index < -0.39 is 0 Å². The van der Waals surface area contributed by atoms with Gasteiger partial charge in [-0.3, -0.25) is 9.79 Å². The Balaban J connectivity index is 0.00000280. The van der Waals surface area contributed by atoms with Gasteiger partial charge in [-0.05, 0) is 43.9 Å². The van der Waals surface area contributed by atoms with Crippen molar-refractivity contribution in [1.29, 1.82) is 0 Å². The number of benzene rings is 1. The molecule has 1 fully saturated rings. The Bertz CT molecular complexity index is 816. The van der Waals surface area contributed by atoms with E-state index >= 15 is 0 Å². The number of aryl methyl sites for hydroxylation is 1. The van der Waals surface area contributed by atoms with Crippen molar-refractivity contribution in [3.05, 3.63) is 35.5 Å². The van der Waals surface area contributed by atoms with Crippen molar-refractivity contribution in [3.63, 3.8) is 0 Å². The number of aliphatic imine (C=N–C) groups is 1. The van der Waals surface area contributed by atoms with Gasteiger partial charge in [-0.15, -0.1) is 24.0 Å². The van der Waals surface area contributed by atoms with Crippen LogP contribution in [0.1, 0.15) is 37.8 Å². The zero-order chi connectivity index (χ0) is 19.2. The highest BCUT2D eigenvalue weighted by molar-refractivity contribution is 14.0. The molecule has 3 N–H and O–H groups in total. The maximum atomic E-state index is 11.9. The highest BCUT2D eigenvalue weighted by atomic mass is 127. The lowest BCUT2D eigenvalue weighted by molar-refractivity contribution is -0.129. The molecule has 1 saturated heterocycles. The number of likely N-dealkylation sites (tertiary alicyclic amines) is 1. The summed E-state index contributed by atoms with van der Waals surface area (Å²) in [6, 6.07) is 6.78. The number of H-pyrrole nitrogens is 1. The fourth-order valence-corrected chi connectivity index (χ4v) is 3.64. The van der Waals surface area contributed by atoms with Crippen LogP contribution in [-0.2, 0) is 11.2 Å². The minimum absolute atomic E-state index is 0. The van der Waals surface area contributed by atoms with Gasteiger partial charge in [0.25, 0.3) is 0 Å². The SMILES string of the molecule is CCNC(=NCCc1c[nH]c2cc(C)ccc12)NC1CCN(C(=O)CC)C1.I. The zero-order valence-corrected chi connectivity index (χ0v) is 19.4. The molecular formula is C21H32IN5O. The van der Waals surface area contributed by atoms with Gasteiger partial charge in [-0.1, -0.05) is 19.1 Å². The quantitative estimate of drug-likeness (QED) is 0.326. The number of hydrogen-bond donors (Lipinski definition) is 3. The van der Waals surface area contributed by atoms with E-state index in [0.29, 0.717) is 6.42 Å². The molecule has 1 aliphatic heterocycles. The Morgan fingerprint density at radius 2 is 2.18 bits per heavy atom. The van der Waals surface area contributed by atoms with E-state index in [1.54, 1.807) is 0 Å². The molecule has 1 aromatic heterocycles. The fraction of sp³-hybridized carbons (Fsp3) is 0.524. The molecule has 1 atom stereocenters. The number of rotatable bonds is 6. The molecule has 0 bridgehead atoms. The number of amides is 1. The number of nitrogens with zero attached hydrogens (tertiary/aromatic N) is 2. The van der Waals surface area contributed by atoms with E-state index in [0.717, 1.165) is 45.0 Å². The summed E-state index contributed by atoms with van der Waals surface area (Å²) in [5.41, 5.74) is 3.75. The van der Waals surface area contributed by atoms with Crippen molar-refractivity contribution < 1.29 is 4.79 Å². The van der Waals surface area contributed by atoms with Crippen LogP contribution in [0.3, 0.4) is 0 Å². The van der Waals surface area contributed by atoms with E-state index in [4.69, 9.17) is 4.99 Å². The fourth-order valence-electron chi connectivity index (χ4n) is 3.64. The van der Waals surface area contributed by atoms with Gasteiger partial charge in [-0.2, -0.15) is 0 Å². The van der Waals surface area contributed by atoms with Crippen molar-refractivity contribution in [2.45, 2.75) is 46.1 Å². The van der Waals surface area contributed by atoms with Crippen LogP contribution in [0.4, 0.5) is 0 Å². The van der Waals surface area contributed by atoms with E-state index in [2.05, 4.69) is 53.9 Å². The van der Waals surface area contributed by atoms with E-state index in [-0.39, 0.29) is 35.9 Å². The minimum atomic E-state index is 0. The molecule has 154 valence electrons. The first-order valence-electron chi connectivity index (χ1n) is 10.00. The smallest absolute Gasteiger partial charge is 0.222 e. The Kier molecular flexibility index (Phi) is 8.59. The van der Waals surface area contributed by atoms with Crippen LogP contribution < -0.4 is 10.6 Å². The average molecular weight is 497 g/mol. The monoisotopic (exact) mass is 497 g/mol. The number of carbonyl (C=O) groups excluding carboxylic acids is 1. The minimum Gasteiger partial charge on any atom is -0.361 e. The Morgan fingerprint density at radius 3 is 2.93 bits per heavy atom. The third kappa shape index (κ3) is 5.62. The topological polar surface area (TPSA) is 72.5 Å². The number of aromatic amines is 1. The van der Waals surface area contributed by atoms with E-state index in [1.807, 2.05) is 11.8 Å². The molecule has 1 aromatic carbocycles. The highest BCUT2D eigenvalue weighted by Gasteiger charge is 2.25. The number of aromatic nitrogens is 1. The van der Waals surface area contributed by atoms with Crippen molar-refractivity contribution in [2.24, 2.45) is 4.99 Å². The van der Waals surface area contributed by atoms with Gasteiger partial charge in [0.15, 0.2) is 5.96 Å². The number of hydrogen-bond acceptors (Lipinski definition) is 2. The molecule has 6 nitrogen and oxygen atoms in total. The number of fused-ring (bicyclic) bond motifs is 1. The predicted octanol–water partition coefficient (Wildman–Crippen LogP) is 3.20. The second-order valence-corrected chi connectivity index (χ2v) is 7.20. The molecule has 2 aromatic rings. The third-order valence-corrected chi connectivity index (χ3v) is 5.10. The second kappa shape index (κ2) is 10.7. The molecule has 1 amide bonds. The molecule has 3 rings (SSSR count). The first-order valence-corrected chi connectivity index (χ1v) is 10.00. The maximum absolute atomic E-state index is 11.9. The van der Waals surface area contributed by atoms with Crippen molar-refractivity contribution in [2.75, 3.05) is 26.2 Å². The molecule has 7 heteroatoms. The molecule has 28 heavy (non-hydrogen) atoms. The molecule has 0 radical (unpaired) electrons. The molecule has 1 aliphatic rings. The molecule has 0 saturated carbocycles. The number of halogens is 1. The summed E-state index contributed by atoms with van der Waals surface area (Å²) in [5.74, 6) is 1.07. The molecular weight excluding hydrogens is 465 g/mol. The molecule has 1 unspecified atom stereocenters. The Hall–Kier alpha value is -1.77. The van der Waals surface area contributed by atoms with Gasteiger partial charge in [0.05, 0.1) is 0 Å². The normalized spacial score (nSPS) is 16.9. The molecule has 0 aliphatic carbocycles. The first-order chi connectivity index (χ1) is 13.1. The lowest BCUT2D eigenvalue weighted by Gasteiger charge is -2.18. The van der Waals surface area contributed by atoms with Crippen LogP contribution in [0.2, 0.25) is 0 Å². The summed E-state index contributed by atoms with van der Waals surface area (Å²) >= 11 is 0. The maximum Gasteiger partial charge on any atom is 0.222 e. The highest BCUT2D eigenvalue weighted by Crippen LogP contribution is 2.20. The van der Waals surface area contributed by atoms with Gasteiger partial charge in [0, 0.05) is 55.7 Å². The second-order valence-electron chi connectivity index (χ2n) is 7.20. The van der Waals surface area contributed by atoms with Crippen LogP contribution >= 0.6 is 24.0 Å². The Labute approximate surface area is 184 Å². The zero-order valence-electron chi connectivity index (χ0n) is 17.0. The van der Waals surface area contributed by atoms with Gasteiger partial charge in [-0.25, -0.2) is 0 Å². The van der Waals surface area contributed by atoms with Crippen LogP contribution in [-0.4, -0.2) is 54.0 Å².